The van der Waals surface area contributed by atoms with E-state index in [2.05, 4.69) is 10.6 Å². The van der Waals surface area contributed by atoms with Crippen molar-refractivity contribution in [2.24, 2.45) is 0 Å². The molecule has 0 spiro atoms. The summed E-state index contributed by atoms with van der Waals surface area (Å²) in [5.41, 5.74) is 3.20. The molecule has 0 bridgehead atoms. The van der Waals surface area contributed by atoms with E-state index in [-0.39, 0.29) is 25.6 Å². The SMILES string of the molecule is CCOC(=O)c1cccc(NC(=O)NCC(=O)N(CC(=O)N2CCCc3ccccc32)c2ccccc2)c1. The van der Waals surface area contributed by atoms with Crippen LogP contribution in [0.2, 0.25) is 0 Å². The summed E-state index contributed by atoms with van der Waals surface area (Å²) in [7, 11) is 0. The predicted molar refractivity (Wildman–Crippen MR) is 145 cm³/mol. The van der Waals surface area contributed by atoms with Gasteiger partial charge in [-0.3, -0.25) is 9.59 Å². The highest BCUT2D eigenvalue weighted by Gasteiger charge is 2.26. The number of hydrogen-bond acceptors (Lipinski definition) is 5. The Labute approximate surface area is 221 Å². The van der Waals surface area contributed by atoms with Crippen molar-refractivity contribution in [3.8, 4) is 0 Å². The Hall–Kier alpha value is -4.66. The third kappa shape index (κ3) is 6.56. The van der Waals surface area contributed by atoms with Gasteiger partial charge in [-0.2, -0.15) is 0 Å². The van der Waals surface area contributed by atoms with Gasteiger partial charge in [0.25, 0.3) is 0 Å². The average Bonchev–Trinajstić information content (AvgIpc) is 2.95. The molecule has 0 atom stereocenters. The van der Waals surface area contributed by atoms with E-state index >= 15 is 0 Å². The molecule has 0 aliphatic carbocycles. The van der Waals surface area contributed by atoms with Gasteiger partial charge < -0.3 is 25.2 Å². The fourth-order valence-electron chi connectivity index (χ4n) is 4.31. The van der Waals surface area contributed by atoms with Crippen molar-refractivity contribution < 1.29 is 23.9 Å². The molecule has 4 amide bonds. The van der Waals surface area contributed by atoms with E-state index in [0.29, 0.717) is 23.5 Å². The van der Waals surface area contributed by atoms with Crippen LogP contribution in [0.1, 0.15) is 29.3 Å². The Morgan fingerprint density at radius 3 is 2.50 bits per heavy atom. The first kappa shape index (κ1) is 26.4. The summed E-state index contributed by atoms with van der Waals surface area (Å²) in [4.78, 5) is 54.1. The van der Waals surface area contributed by atoms with Gasteiger partial charge in [0, 0.05) is 23.6 Å². The van der Waals surface area contributed by atoms with Gasteiger partial charge in [-0.25, -0.2) is 9.59 Å². The Morgan fingerprint density at radius 2 is 1.71 bits per heavy atom. The van der Waals surface area contributed by atoms with Gasteiger partial charge in [-0.1, -0.05) is 42.5 Å². The third-order valence-corrected chi connectivity index (χ3v) is 6.11. The summed E-state index contributed by atoms with van der Waals surface area (Å²) in [5, 5.41) is 5.15. The van der Waals surface area contributed by atoms with Crippen LogP contribution in [0.15, 0.2) is 78.9 Å². The molecule has 196 valence electrons. The number of fused-ring (bicyclic) bond motifs is 1. The minimum atomic E-state index is -0.622. The lowest BCUT2D eigenvalue weighted by Gasteiger charge is -2.32. The van der Waals surface area contributed by atoms with Gasteiger partial charge in [0.15, 0.2) is 0 Å². The normalized spacial score (nSPS) is 12.2. The third-order valence-electron chi connectivity index (χ3n) is 6.11. The molecule has 2 N–H and O–H groups in total. The number of para-hydroxylation sites is 2. The summed E-state index contributed by atoms with van der Waals surface area (Å²) < 4.78 is 4.98. The number of nitrogens with one attached hydrogen (secondary N) is 2. The maximum atomic E-state index is 13.4. The molecule has 3 aromatic carbocycles. The van der Waals surface area contributed by atoms with Crippen LogP contribution in [0.25, 0.3) is 0 Å². The molecule has 0 saturated heterocycles. The second-order valence-corrected chi connectivity index (χ2v) is 8.70. The molecule has 0 saturated carbocycles. The number of ether oxygens (including phenoxy) is 1. The van der Waals surface area contributed by atoms with Crippen molar-refractivity contribution in [1.82, 2.24) is 5.32 Å². The Balaban J connectivity index is 1.42. The Morgan fingerprint density at radius 1 is 0.947 bits per heavy atom. The number of carbonyl (C=O) groups excluding carboxylic acids is 4. The fourth-order valence-corrected chi connectivity index (χ4v) is 4.31. The van der Waals surface area contributed by atoms with Crippen LogP contribution in [0.3, 0.4) is 0 Å². The molecule has 1 aliphatic rings. The second kappa shape index (κ2) is 12.5. The first-order chi connectivity index (χ1) is 18.5. The summed E-state index contributed by atoms with van der Waals surface area (Å²) in [6.07, 6.45) is 1.75. The van der Waals surface area contributed by atoms with Crippen molar-refractivity contribution in [2.45, 2.75) is 19.8 Å². The summed E-state index contributed by atoms with van der Waals surface area (Å²) in [5.74, 6) is -1.13. The summed E-state index contributed by atoms with van der Waals surface area (Å²) in [6, 6.07) is 22.4. The van der Waals surface area contributed by atoms with Crippen LogP contribution in [0.5, 0.6) is 0 Å². The zero-order valence-corrected chi connectivity index (χ0v) is 21.2. The molecule has 4 rings (SSSR count). The number of carbonyl (C=O) groups is 4. The second-order valence-electron chi connectivity index (χ2n) is 8.70. The zero-order chi connectivity index (χ0) is 26.9. The Kier molecular flexibility index (Phi) is 8.71. The first-order valence-corrected chi connectivity index (χ1v) is 12.5. The number of benzene rings is 3. The quantitative estimate of drug-likeness (QED) is 0.442. The monoisotopic (exact) mass is 514 g/mol. The van der Waals surface area contributed by atoms with Crippen LogP contribution >= 0.6 is 0 Å². The molecule has 1 aliphatic heterocycles. The van der Waals surface area contributed by atoms with Crippen LogP contribution in [-0.2, 0) is 20.7 Å². The predicted octanol–water partition coefficient (Wildman–Crippen LogP) is 4.00. The topological polar surface area (TPSA) is 108 Å². The van der Waals surface area contributed by atoms with Crippen molar-refractivity contribution in [3.05, 3.63) is 90.0 Å². The number of esters is 1. The fraction of sp³-hybridized carbons (Fsp3) is 0.241. The van der Waals surface area contributed by atoms with Gasteiger partial charge in [0.2, 0.25) is 11.8 Å². The van der Waals surface area contributed by atoms with Crippen LogP contribution < -0.4 is 20.4 Å². The molecule has 0 unspecified atom stereocenters. The molecular weight excluding hydrogens is 484 g/mol. The highest BCUT2D eigenvalue weighted by molar-refractivity contribution is 6.05. The number of hydrogen-bond donors (Lipinski definition) is 2. The number of urea groups is 1. The van der Waals surface area contributed by atoms with Gasteiger partial charge in [-0.15, -0.1) is 0 Å². The van der Waals surface area contributed by atoms with Gasteiger partial charge in [-0.05, 0) is 61.7 Å². The number of nitrogens with zero attached hydrogens (tertiary/aromatic N) is 2. The highest BCUT2D eigenvalue weighted by Crippen LogP contribution is 2.27. The van der Waals surface area contributed by atoms with E-state index in [4.69, 9.17) is 4.74 Å². The van der Waals surface area contributed by atoms with E-state index < -0.39 is 17.9 Å². The molecule has 38 heavy (non-hydrogen) atoms. The van der Waals surface area contributed by atoms with Crippen molar-refractivity contribution in [1.29, 1.82) is 0 Å². The van der Waals surface area contributed by atoms with Gasteiger partial charge >= 0.3 is 12.0 Å². The standard InChI is InChI=1S/C29H30N4O5/c1-2-38-28(36)22-11-8-13-23(18-22)31-29(37)30-19-26(34)33(24-14-4-3-5-15-24)20-27(35)32-17-9-12-21-10-6-7-16-25(21)32/h3-8,10-11,13-16,18H,2,9,12,17,19-20H2,1H3,(H2,30,31,37). The lowest BCUT2D eigenvalue weighted by molar-refractivity contribution is -0.122. The minimum absolute atomic E-state index is 0.165. The van der Waals surface area contributed by atoms with Crippen LogP contribution in [0.4, 0.5) is 21.9 Å². The zero-order valence-electron chi connectivity index (χ0n) is 21.2. The molecule has 3 aromatic rings. The molecule has 0 radical (unpaired) electrons. The lowest BCUT2D eigenvalue weighted by atomic mass is 10.0. The number of amides is 4. The molecule has 0 aromatic heterocycles. The lowest BCUT2D eigenvalue weighted by Crippen LogP contribution is -2.48. The van der Waals surface area contributed by atoms with Crippen LogP contribution in [-0.4, -0.2) is 50.1 Å². The summed E-state index contributed by atoms with van der Waals surface area (Å²) >= 11 is 0. The van der Waals surface area contributed by atoms with Crippen molar-refractivity contribution >= 4 is 40.9 Å². The minimum Gasteiger partial charge on any atom is -0.462 e. The van der Waals surface area contributed by atoms with Crippen molar-refractivity contribution in [3.63, 3.8) is 0 Å². The van der Waals surface area contributed by atoms with E-state index in [1.54, 1.807) is 54.3 Å². The molecule has 9 nitrogen and oxygen atoms in total. The number of anilines is 3. The maximum absolute atomic E-state index is 13.4. The van der Waals surface area contributed by atoms with Gasteiger partial charge in [0.1, 0.15) is 6.54 Å². The number of rotatable bonds is 8. The van der Waals surface area contributed by atoms with E-state index in [0.717, 1.165) is 24.1 Å². The van der Waals surface area contributed by atoms with E-state index in [9.17, 15) is 19.2 Å². The average molecular weight is 515 g/mol. The molecular formula is C29H30N4O5. The van der Waals surface area contributed by atoms with Crippen molar-refractivity contribution in [2.75, 3.05) is 41.4 Å². The summed E-state index contributed by atoms with van der Waals surface area (Å²) in [6.45, 7) is 2.04. The van der Waals surface area contributed by atoms with Gasteiger partial charge in [0.05, 0.1) is 18.7 Å². The van der Waals surface area contributed by atoms with E-state index in [1.165, 1.54) is 11.0 Å². The maximum Gasteiger partial charge on any atom is 0.338 e. The Bertz CT molecular complexity index is 1310. The first-order valence-electron chi connectivity index (χ1n) is 12.5. The van der Waals surface area contributed by atoms with Crippen LogP contribution in [0, 0.1) is 0 Å². The molecule has 0 fully saturated rings. The number of aryl methyl sites for hydroxylation is 1. The smallest absolute Gasteiger partial charge is 0.338 e. The highest BCUT2D eigenvalue weighted by atomic mass is 16.5. The van der Waals surface area contributed by atoms with E-state index in [1.807, 2.05) is 30.3 Å². The molecule has 1 heterocycles. The molecule has 9 heteroatoms. The largest absolute Gasteiger partial charge is 0.462 e.